The zero-order valence-corrected chi connectivity index (χ0v) is 10.4. The number of carbonyl (C=O) groups excluding carboxylic acids is 1. The van der Waals surface area contributed by atoms with E-state index in [2.05, 4.69) is 5.32 Å². The van der Waals surface area contributed by atoms with Crippen LogP contribution in [0.3, 0.4) is 0 Å². The quantitative estimate of drug-likeness (QED) is 0.794. The molecule has 4 nitrogen and oxygen atoms in total. The van der Waals surface area contributed by atoms with Crippen molar-refractivity contribution in [3.05, 3.63) is 24.3 Å². The summed E-state index contributed by atoms with van der Waals surface area (Å²) in [7, 11) is 0. The first-order valence-corrected chi connectivity index (χ1v) is 5.85. The summed E-state index contributed by atoms with van der Waals surface area (Å²) in [6, 6.07) is 7.37. The molecule has 1 aromatic rings. The molecule has 0 saturated heterocycles. The van der Waals surface area contributed by atoms with E-state index in [1.165, 1.54) is 0 Å². The highest BCUT2D eigenvalue weighted by molar-refractivity contribution is 5.92. The van der Waals surface area contributed by atoms with Crippen LogP contribution in [0.1, 0.15) is 20.3 Å². The SMILES string of the molecule is CC(C)CC(=O)Nc1ccccc1OCCN. The van der Waals surface area contributed by atoms with Crippen LogP contribution in [0.2, 0.25) is 0 Å². The van der Waals surface area contributed by atoms with Gasteiger partial charge in [-0.25, -0.2) is 0 Å². The number of amides is 1. The summed E-state index contributed by atoms with van der Waals surface area (Å²) >= 11 is 0. The average molecular weight is 236 g/mol. The first kappa shape index (κ1) is 13.5. The summed E-state index contributed by atoms with van der Waals surface area (Å²) in [5.74, 6) is 1.01. The van der Waals surface area contributed by atoms with Gasteiger partial charge in [0.2, 0.25) is 5.91 Å². The molecule has 94 valence electrons. The standard InChI is InChI=1S/C13H20N2O2/c1-10(2)9-13(16)15-11-5-3-4-6-12(11)17-8-7-14/h3-6,10H,7-9,14H2,1-2H3,(H,15,16). The lowest BCUT2D eigenvalue weighted by Crippen LogP contribution is -2.16. The molecule has 0 radical (unpaired) electrons. The van der Waals surface area contributed by atoms with Gasteiger partial charge in [0, 0.05) is 13.0 Å². The Labute approximate surface area is 102 Å². The maximum atomic E-state index is 11.7. The van der Waals surface area contributed by atoms with E-state index in [0.717, 1.165) is 0 Å². The van der Waals surface area contributed by atoms with Gasteiger partial charge in [0.1, 0.15) is 12.4 Å². The summed E-state index contributed by atoms with van der Waals surface area (Å²) in [4.78, 5) is 11.7. The zero-order valence-electron chi connectivity index (χ0n) is 10.4. The third-order valence-corrected chi connectivity index (χ3v) is 2.13. The van der Waals surface area contributed by atoms with Gasteiger partial charge in [-0.1, -0.05) is 26.0 Å². The third kappa shape index (κ3) is 4.87. The number of anilines is 1. The van der Waals surface area contributed by atoms with Crippen LogP contribution in [0.15, 0.2) is 24.3 Å². The molecule has 0 bridgehead atoms. The molecule has 1 rings (SSSR count). The van der Waals surface area contributed by atoms with Gasteiger partial charge in [-0.15, -0.1) is 0 Å². The van der Waals surface area contributed by atoms with Crippen LogP contribution in [0.5, 0.6) is 5.75 Å². The Kier molecular flexibility index (Phi) is 5.49. The van der Waals surface area contributed by atoms with Gasteiger partial charge in [0.25, 0.3) is 0 Å². The van der Waals surface area contributed by atoms with E-state index in [1.54, 1.807) is 0 Å². The van der Waals surface area contributed by atoms with Crippen molar-refractivity contribution in [1.82, 2.24) is 0 Å². The van der Waals surface area contributed by atoms with Gasteiger partial charge in [-0.05, 0) is 18.1 Å². The molecule has 1 aromatic carbocycles. The highest BCUT2D eigenvalue weighted by atomic mass is 16.5. The maximum Gasteiger partial charge on any atom is 0.224 e. The Morgan fingerprint density at radius 2 is 2.12 bits per heavy atom. The predicted octanol–water partition coefficient (Wildman–Crippen LogP) is 2.01. The molecule has 3 N–H and O–H groups in total. The Hall–Kier alpha value is -1.55. The largest absolute Gasteiger partial charge is 0.490 e. The molecule has 4 heteroatoms. The topological polar surface area (TPSA) is 64.3 Å². The van der Waals surface area contributed by atoms with Crippen LogP contribution < -0.4 is 15.8 Å². The van der Waals surface area contributed by atoms with Crippen molar-refractivity contribution in [2.45, 2.75) is 20.3 Å². The van der Waals surface area contributed by atoms with Crippen molar-refractivity contribution in [3.8, 4) is 5.75 Å². The summed E-state index contributed by atoms with van der Waals surface area (Å²) < 4.78 is 5.45. The summed E-state index contributed by atoms with van der Waals surface area (Å²) in [6.07, 6.45) is 0.505. The lowest BCUT2D eigenvalue weighted by Gasteiger charge is -2.12. The van der Waals surface area contributed by atoms with E-state index in [-0.39, 0.29) is 5.91 Å². The first-order valence-electron chi connectivity index (χ1n) is 5.85. The molecular formula is C13H20N2O2. The van der Waals surface area contributed by atoms with Gasteiger partial charge < -0.3 is 15.8 Å². The van der Waals surface area contributed by atoms with E-state index < -0.39 is 0 Å². The Morgan fingerprint density at radius 1 is 1.41 bits per heavy atom. The van der Waals surface area contributed by atoms with Crippen molar-refractivity contribution in [3.63, 3.8) is 0 Å². The summed E-state index contributed by atoms with van der Waals surface area (Å²) in [6.45, 7) is 4.91. The van der Waals surface area contributed by atoms with Crippen molar-refractivity contribution in [1.29, 1.82) is 0 Å². The molecule has 0 fully saturated rings. The molecular weight excluding hydrogens is 216 g/mol. The van der Waals surface area contributed by atoms with Crippen LogP contribution in [0.25, 0.3) is 0 Å². The van der Waals surface area contributed by atoms with E-state index in [9.17, 15) is 4.79 Å². The molecule has 0 aliphatic rings. The smallest absolute Gasteiger partial charge is 0.224 e. The molecule has 0 heterocycles. The molecule has 0 spiro atoms. The van der Waals surface area contributed by atoms with Crippen LogP contribution >= 0.6 is 0 Å². The van der Waals surface area contributed by atoms with Crippen LogP contribution in [-0.4, -0.2) is 19.1 Å². The second kappa shape index (κ2) is 6.91. The number of benzene rings is 1. The highest BCUT2D eigenvalue weighted by Crippen LogP contribution is 2.23. The van der Waals surface area contributed by atoms with Crippen molar-refractivity contribution < 1.29 is 9.53 Å². The molecule has 0 saturated carbocycles. The summed E-state index contributed by atoms with van der Waals surface area (Å²) in [5, 5.41) is 2.85. The van der Waals surface area contributed by atoms with Gasteiger partial charge in [-0.3, -0.25) is 4.79 Å². The molecule has 0 aliphatic heterocycles. The van der Waals surface area contributed by atoms with Crippen LogP contribution in [-0.2, 0) is 4.79 Å². The number of nitrogens with two attached hydrogens (primary N) is 1. The normalized spacial score (nSPS) is 10.4. The van der Waals surface area contributed by atoms with Crippen molar-refractivity contribution >= 4 is 11.6 Å². The minimum absolute atomic E-state index is 0.00352. The molecule has 0 aromatic heterocycles. The van der Waals surface area contributed by atoms with Crippen LogP contribution in [0.4, 0.5) is 5.69 Å². The van der Waals surface area contributed by atoms with E-state index in [0.29, 0.717) is 36.9 Å². The average Bonchev–Trinajstić information content (AvgIpc) is 2.26. The Bertz CT molecular complexity index is 364. The minimum atomic E-state index is 0.00352. The van der Waals surface area contributed by atoms with E-state index in [4.69, 9.17) is 10.5 Å². The predicted molar refractivity (Wildman–Crippen MR) is 69.1 cm³/mol. The number of nitrogens with one attached hydrogen (secondary N) is 1. The summed E-state index contributed by atoms with van der Waals surface area (Å²) in [5.41, 5.74) is 6.08. The second-order valence-electron chi connectivity index (χ2n) is 4.28. The second-order valence-corrected chi connectivity index (χ2v) is 4.28. The fourth-order valence-electron chi connectivity index (χ4n) is 1.44. The van der Waals surface area contributed by atoms with Gasteiger partial charge >= 0.3 is 0 Å². The number of hydrogen-bond acceptors (Lipinski definition) is 3. The Balaban J connectivity index is 2.65. The first-order chi connectivity index (χ1) is 8.13. The number of rotatable bonds is 6. The molecule has 1 amide bonds. The minimum Gasteiger partial charge on any atom is -0.490 e. The number of para-hydroxylation sites is 2. The maximum absolute atomic E-state index is 11.7. The fraction of sp³-hybridized carbons (Fsp3) is 0.462. The number of ether oxygens (including phenoxy) is 1. The third-order valence-electron chi connectivity index (χ3n) is 2.13. The molecule has 0 aliphatic carbocycles. The number of hydrogen-bond donors (Lipinski definition) is 2. The van der Waals surface area contributed by atoms with E-state index in [1.807, 2.05) is 38.1 Å². The monoisotopic (exact) mass is 236 g/mol. The zero-order chi connectivity index (χ0) is 12.7. The lowest BCUT2D eigenvalue weighted by molar-refractivity contribution is -0.116. The van der Waals surface area contributed by atoms with Crippen molar-refractivity contribution in [2.75, 3.05) is 18.5 Å². The Morgan fingerprint density at radius 3 is 2.76 bits per heavy atom. The number of carbonyl (C=O) groups is 1. The lowest BCUT2D eigenvalue weighted by atomic mass is 10.1. The molecule has 17 heavy (non-hydrogen) atoms. The highest BCUT2D eigenvalue weighted by Gasteiger charge is 2.08. The molecule has 0 unspecified atom stereocenters. The van der Waals surface area contributed by atoms with Crippen molar-refractivity contribution in [2.24, 2.45) is 11.7 Å². The molecule has 0 atom stereocenters. The van der Waals surface area contributed by atoms with Gasteiger partial charge in [0.15, 0.2) is 0 Å². The van der Waals surface area contributed by atoms with Gasteiger partial charge in [-0.2, -0.15) is 0 Å². The van der Waals surface area contributed by atoms with Crippen LogP contribution in [0, 0.1) is 5.92 Å². The fourth-order valence-corrected chi connectivity index (χ4v) is 1.44. The van der Waals surface area contributed by atoms with Gasteiger partial charge in [0.05, 0.1) is 5.69 Å². The van der Waals surface area contributed by atoms with E-state index >= 15 is 0 Å².